The predicted octanol–water partition coefficient (Wildman–Crippen LogP) is 0.602. The first-order chi connectivity index (χ1) is 9.16. The summed E-state index contributed by atoms with van der Waals surface area (Å²) in [5.74, 6) is -0.0845. The molecule has 0 saturated carbocycles. The number of anilines is 1. The lowest BCUT2D eigenvalue weighted by Crippen LogP contribution is -3.14. The van der Waals surface area contributed by atoms with E-state index in [0.29, 0.717) is 12.1 Å². The lowest BCUT2D eigenvalue weighted by Gasteiger charge is -2.19. The maximum absolute atomic E-state index is 12.5. The van der Waals surface area contributed by atoms with E-state index in [1.54, 1.807) is 0 Å². The van der Waals surface area contributed by atoms with E-state index in [1.807, 2.05) is 24.3 Å². The Labute approximate surface area is 125 Å². The summed E-state index contributed by atoms with van der Waals surface area (Å²) in [7, 11) is 0. The Morgan fingerprint density at radius 1 is 1.11 bits per heavy atom. The molecule has 19 heavy (non-hydrogen) atoms. The number of likely N-dealkylation sites (tertiary alicyclic amines) is 1. The molecule has 2 amide bonds. The number of rotatable bonds is 2. The number of amides is 2. The van der Waals surface area contributed by atoms with E-state index in [2.05, 4.69) is 22.6 Å². The van der Waals surface area contributed by atoms with Gasteiger partial charge in [-0.2, -0.15) is 0 Å². The molecule has 2 aliphatic rings. The third-order valence-corrected chi connectivity index (χ3v) is 4.69. The van der Waals surface area contributed by atoms with Crippen LogP contribution in [0.15, 0.2) is 24.3 Å². The molecule has 2 fully saturated rings. The summed E-state index contributed by atoms with van der Waals surface area (Å²) in [6.07, 6.45) is 2.69. The fourth-order valence-electron chi connectivity index (χ4n) is 2.99. The fourth-order valence-corrected chi connectivity index (χ4v) is 3.35. The van der Waals surface area contributed by atoms with Crippen molar-refractivity contribution in [3.05, 3.63) is 27.8 Å². The van der Waals surface area contributed by atoms with E-state index in [1.165, 1.54) is 9.80 Å². The van der Waals surface area contributed by atoms with Crippen LogP contribution >= 0.6 is 22.6 Å². The minimum absolute atomic E-state index is 0.0249. The minimum atomic E-state index is -0.158. The second kappa shape index (κ2) is 5.20. The van der Waals surface area contributed by atoms with Crippen molar-refractivity contribution in [3.8, 4) is 0 Å². The summed E-state index contributed by atoms with van der Waals surface area (Å²) in [6, 6.07) is 7.38. The standard InChI is InChI=1S/C14H15IN2O2/c15-10-3-5-11(6-4-10)17-13(18)9-12(14(17)19)16-7-1-2-8-16/h3-6,12H,1-2,7-9H2/p+1/t12-/m1/s1. The minimum Gasteiger partial charge on any atom is -0.324 e. The quantitative estimate of drug-likeness (QED) is 0.611. The van der Waals surface area contributed by atoms with Crippen LogP contribution in [0.2, 0.25) is 0 Å². The van der Waals surface area contributed by atoms with Gasteiger partial charge in [-0.3, -0.25) is 9.59 Å². The second-order valence-electron chi connectivity index (χ2n) is 5.17. The zero-order valence-corrected chi connectivity index (χ0v) is 12.7. The van der Waals surface area contributed by atoms with E-state index < -0.39 is 0 Å². The smallest absolute Gasteiger partial charge is 0.292 e. The van der Waals surface area contributed by atoms with Gasteiger partial charge in [-0.05, 0) is 46.9 Å². The molecule has 0 bridgehead atoms. The summed E-state index contributed by atoms with van der Waals surface area (Å²) in [5, 5.41) is 0. The molecular weight excluding hydrogens is 355 g/mol. The Bertz CT molecular complexity index is 509. The Morgan fingerprint density at radius 3 is 2.37 bits per heavy atom. The van der Waals surface area contributed by atoms with Crippen LogP contribution < -0.4 is 9.80 Å². The summed E-state index contributed by atoms with van der Waals surface area (Å²) < 4.78 is 1.10. The van der Waals surface area contributed by atoms with Crippen LogP contribution in [-0.2, 0) is 9.59 Å². The first-order valence-electron chi connectivity index (χ1n) is 6.64. The first-order valence-corrected chi connectivity index (χ1v) is 7.71. The number of imide groups is 1. The molecule has 1 atom stereocenters. The van der Waals surface area contributed by atoms with Crippen molar-refractivity contribution in [1.82, 2.24) is 0 Å². The molecule has 0 spiro atoms. The highest BCUT2D eigenvalue weighted by molar-refractivity contribution is 14.1. The van der Waals surface area contributed by atoms with Crippen molar-refractivity contribution < 1.29 is 14.5 Å². The maximum Gasteiger partial charge on any atom is 0.292 e. The van der Waals surface area contributed by atoms with E-state index in [0.717, 1.165) is 29.5 Å². The highest BCUT2D eigenvalue weighted by Gasteiger charge is 2.46. The summed E-state index contributed by atoms with van der Waals surface area (Å²) in [5.41, 5.74) is 0.705. The first kappa shape index (κ1) is 13.1. The number of benzene rings is 1. The van der Waals surface area contributed by atoms with Crippen LogP contribution in [-0.4, -0.2) is 30.9 Å². The third kappa shape index (κ3) is 2.41. The van der Waals surface area contributed by atoms with Crippen LogP contribution in [0.4, 0.5) is 5.69 Å². The molecule has 2 saturated heterocycles. The zero-order valence-electron chi connectivity index (χ0n) is 10.6. The molecule has 100 valence electrons. The summed E-state index contributed by atoms with van der Waals surface area (Å²) >= 11 is 2.21. The number of carbonyl (C=O) groups excluding carboxylic acids is 2. The molecule has 0 aliphatic carbocycles. The lowest BCUT2D eigenvalue weighted by molar-refractivity contribution is -0.902. The maximum atomic E-state index is 12.5. The Morgan fingerprint density at radius 2 is 1.74 bits per heavy atom. The van der Waals surface area contributed by atoms with E-state index in [9.17, 15) is 9.59 Å². The number of carbonyl (C=O) groups is 2. The summed E-state index contributed by atoms with van der Waals surface area (Å²) in [6.45, 7) is 2.04. The molecule has 2 aliphatic heterocycles. The van der Waals surface area contributed by atoms with Crippen LogP contribution in [0.1, 0.15) is 19.3 Å². The van der Waals surface area contributed by atoms with Gasteiger partial charge in [0.05, 0.1) is 25.2 Å². The van der Waals surface area contributed by atoms with Crippen LogP contribution in [0, 0.1) is 3.57 Å². The molecular formula is C14H16IN2O2+. The number of quaternary nitrogens is 1. The predicted molar refractivity (Wildman–Crippen MR) is 80.0 cm³/mol. The molecule has 1 aromatic rings. The highest BCUT2D eigenvalue weighted by Crippen LogP contribution is 2.23. The van der Waals surface area contributed by atoms with Crippen molar-refractivity contribution in [2.24, 2.45) is 0 Å². The van der Waals surface area contributed by atoms with Crippen molar-refractivity contribution >= 4 is 40.1 Å². The zero-order chi connectivity index (χ0) is 13.4. The number of hydrogen-bond acceptors (Lipinski definition) is 2. The molecule has 1 N–H and O–H groups in total. The topological polar surface area (TPSA) is 41.8 Å². The average molecular weight is 371 g/mol. The third-order valence-electron chi connectivity index (χ3n) is 3.97. The van der Waals surface area contributed by atoms with Gasteiger partial charge >= 0.3 is 0 Å². The SMILES string of the molecule is O=C1C[C@@H]([NH+]2CCCC2)C(=O)N1c1ccc(I)cc1. The van der Waals surface area contributed by atoms with Gasteiger partial charge < -0.3 is 4.90 Å². The molecule has 5 heteroatoms. The number of nitrogens with one attached hydrogen (secondary N) is 1. The number of nitrogens with zero attached hydrogens (tertiary/aromatic N) is 1. The normalized spacial score (nSPS) is 24.5. The van der Waals surface area contributed by atoms with Crippen molar-refractivity contribution in [2.45, 2.75) is 25.3 Å². The molecule has 0 unspecified atom stereocenters. The van der Waals surface area contributed by atoms with Crippen molar-refractivity contribution in [2.75, 3.05) is 18.0 Å². The highest BCUT2D eigenvalue weighted by atomic mass is 127. The van der Waals surface area contributed by atoms with Gasteiger partial charge in [0.25, 0.3) is 5.91 Å². The number of halogens is 1. The molecule has 1 aromatic carbocycles. The Hall–Kier alpha value is -0.950. The van der Waals surface area contributed by atoms with Gasteiger partial charge in [-0.25, -0.2) is 4.90 Å². The fraction of sp³-hybridized carbons (Fsp3) is 0.429. The van der Waals surface area contributed by atoms with Crippen LogP contribution in [0.3, 0.4) is 0 Å². The molecule has 0 aromatic heterocycles. The van der Waals surface area contributed by atoms with Gasteiger partial charge in [0, 0.05) is 16.4 Å². The molecule has 0 radical (unpaired) electrons. The Kier molecular flexibility index (Phi) is 3.58. The lowest BCUT2D eigenvalue weighted by atomic mass is 10.2. The molecule has 3 rings (SSSR count). The summed E-state index contributed by atoms with van der Waals surface area (Å²) in [4.78, 5) is 27.2. The van der Waals surface area contributed by atoms with Crippen molar-refractivity contribution in [1.29, 1.82) is 0 Å². The van der Waals surface area contributed by atoms with Gasteiger partial charge in [0.15, 0.2) is 6.04 Å². The monoisotopic (exact) mass is 371 g/mol. The average Bonchev–Trinajstić information content (AvgIpc) is 3.00. The molecule has 2 heterocycles. The van der Waals surface area contributed by atoms with Gasteiger partial charge in [-0.15, -0.1) is 0 Å². The van der Waals surface area contributed by atoms with Crippen LogP contribution in [0.25, 0.3) is 0 Å². The van der Waals surface area contributed by atoms with E-state index in [4.69, 9.17) is 0 Å². The van der Waals surface area contributed by atoms with Crippen LogP contribution in [0.5, 0.6) is 0 Å². The van der Waals surface area contributed by atoms with Gasteiger partial charge in [0.2, 0.25) is 5.91 Å². The van der Waals surface area contributed by atoms with E-state index >= 15 is 0 Å². The van der Waals surface area contributed by atoms with Gasteiger partial charge in [0.1, 0.15) is 0 Å². The largest absolute Gasteiger partial charge is 0.324 e. The molecule has 4 nitrogen and oxygen atoms in total. The van der Waals surface area contributed by atoms with Crippen molar-refractivity contribution in [3.63, 3.8) is 0 Å². The van der Waals surface area contributed by atoms with Gasteiger partial charge in [-0.1, -0.05) is 0 Å². The van der Waals surface area contributed by atoms with E-state index in [-0.39, 0.29) is 17.9 Å². The second-order valence-corrected chi connectivity index (χ2v) is 6.41. The Balaban J connectivity index is 1.84. The number of hydrogen-bond donors (Lipinski definition) is 1.